The molecule has 0 aliphatic rings. The lowest BCUT2D eigenvalue weighted by Gasteiger charge is -2.31. The van der Waals surface area contributed by atoms with Crippen LogP contribution in [0.3, 0.4) is 0 Å². The molecule has 1 rings (SSSR count). The maximum atomic E-state index is 4.58. The molecule has 2 unspecified atom stereocenters. The van der Waals surface area contributed by atoms with Crippen molar-refractivity contribution in [1.82, 2.24) is 14.9 Å². The summed E-state index contributed by atoms with van der Waals surface area (Å²) < 4.78 is 2.25. The van der Waals surface area contributed by atoms with Crippen LogP contribution < -0.4 is 5.32 Å². The van der Waals surface area contributed by atoms with Gasteiger partial charge in [0.15, 0.2) is 0 Å². The lowest BCUT2D eigenvalue weighted by atomic mass is 9.78. The first-order valence-electron chi connectivity index (χ1n) is 7.64. The molecular weight excluding hydrogens is 234 g/mol. The lowest BCUT2D eigenvalue weighted by molar-refractivity contribution is 0.219. The summed E-state index contributed by atoms with van der Waals surface area (Å²) in [5.74, 6) is 1.84. The maximum Gasteiger partial charge on any atom is 0.125 e. The molecule has 0 fully saturated rings. The van der Waals surface area contributed by atoms with E-state index < -0.39 is 0 Å². The molecule has 0 saturated heterocycles. The van der Waals surface area contributed by atoms with Crippen molar-refractivity contribution < 1.29 is 0 Å². The van der Waals surface area contributed by atoms with E-state index in [1.54, 1.807) is 0 Å². The van der Waals surface area contributed by atoms with E-state index in [2.05, 4.69) is 62.6 Å². The molecule has 2 atom stereocenters. The van der Waals surface area contributed by atoms with E-state index in [4.69, 9.17) is 0 Å². The summed E-state index contributed by atoms with van der Waals surface area (Å²) in [6.07, 6.45) is 6.30. The van der Waals surface area contributed by atoms with Gasteiger partial charge in [-0.3, -0.25) is 0 Å². The molecule has 3 nitrogen and oxygen atoms in total. The Balaban J connectivity index is 2.83. The first-order valence-corrected chi connectivity index (χ1v) is 7.64. The van der Waals surface area contributed by atoms with Crippen molar-refractivity contribution in [3.8, 4) is 0 Å². The molecule has 0 radical (unpaired) electrons. The predicted molar refractivity (Wildman–Crippen MR) is 82.2 cm³/mol. The highest BCUT2D eigenvalue weighted by Crippen LogP contribution is 2.32. The van der Waals surface area contributed by atoms with E-state index in [9.17, 15) is 0 Å². The van der Waals surface area contributed by atoms with Crippen molar-refractivity contribution >= 4 is 0 Å². The van der Waals surface area contributed by atoms with Crippen molar-refractivity contribution in [3.05, 3.63) is 18.2 Å². The zero-order chi connectivity index (χ0) is 14.5. The van der Waals surface area contributed by atoms with Crippen molar-refractivity contribution in [3.63, 3.8) is 0 Å². The Morgan fingerprint density at radius 3 is 2.53 bits per heavy atom. The van der Waals surface area contributed by atoms with Crippen LogP contribution in [0.2, 0.25) is 0 Å². The Kier molecular flexibility index (Phi) is 6.05. The summed E-state index contributed by atoms with van der Waals surface area (Å²) >= 11 is 0. The maximum absolute atomic E-state index is 4.58. The van der Waals surface area contributed by atoms with E-state index >= 15 is 0 Å². The second kappa shape index (κ2) is 7.09. The van der Waals surface area contributed by atoms with Gasteiger partial charge in [-0.2, -0.15) is 0 Å². The van der Waals surface area contributed by atoms with Gasteiger partial charge in [-0.25, -0.2) is 4.98 Å². The molecular formula is C16H31N3. The van der Waals surface area contributed by atoms with E-state index in [1.165, 1.54) is 5.82 Å². The monoisotopic (exact) mass is 265 g/mol. The molecule has 1 N–H and O–H groups in total. The third-order valence-corrected chi connectivity index (χ3v) is 4.11. The highest BCUT2D eigenvalue weighted by Gasteiger charge is 2.26. The zero-order valence-corrected chi connectivity index (χ0v) is 13.5. The average molecular weight is 265 g/mol. The smallest absolute Gasteiger partial charge is 0.125 e. The number of nitrogens with one attached hydrogen (secondary N) is 1. The van der Waals surface area contributed by atoms with E-state index in [0.29, 0.717) is 17.4 Å². The minimum Gasteiger partial charge on any atom is -0.334 e. The number of aryl methyl sites for hydroxylation is 1. The predicted octanol–water partition coefficient (Wildman–Crippen LogP) is 4.02. The number of aromatic nitrogens is 2. The van der Waals surface area contributed by atoms with Crippen molar-refractivity contribution in [1.29, 1.82) is 0 Å². The third kappa shape index (κ3) is 4.64. The molecule has 3 heteroatoms. The van der Waals surface area contributed by atoms with Gasteiger partial charge in [-0.15, -0.1) is 0 Å². The zero-order valence-electron chi connectivity index (χ0n) is 13.5. The fraction of sp³-hybridized carbons (Fsp3) is 0.812. The minimum atomic E-state index is 0.343. The Morgan fingerprint density at radius 1 is 1.32 bits per heavy atom. The largest absolute Gasteiger partial charge is 0.334 e. The van der Waals surface area contributed by atoms with Gasteiger partial charge in [-0.1, -0.05) is 34.6 Å². The van der Waals surface area contributed by atoms with Crippen LogP contribution in [0.1, 0.15) is 66.3 Å². The molecule has 0 aromatic carbocycles. The van der Waals surface area contributed by atoms with Crippen LogP contribution in [-0.4, -0.2) is 16.1 Å². The van der Waals surface area contributed by atoms with E-state index in [1.807, 2.05) is 6.20 Å². The molecule has 1 aromatic heterocycles. The van der Waals surface area contributed by atoms with Crippen LogP contribution >= 0.6 is 0 Å². The average Bonchev–Trinajstić information content (AvgIpc) is 2.81. The SMILES string of the molecule is CCCNC(CC(C)C(C)(C)C)c1nccn1CC. The summed E-state index contributed by atoms with van der Waals surface area (Å²) in [5, 5.41) is 3.67. The number of hydrogen-bond acceptors (Lipinski definition) is 2. The molecule has 0 aliphatic heterocycles. The standard InChI is InChI=1S/C16H31N3/c1-7-9-17-14(12-13(3)16(4,5)6)15-18-10-11-19(15)8-2/h10-11,13-14,17H,7-9,12H2,1-6H3. The van der Waals surface area contributed by atoms with Gasteiger partial charge in [0.05, 0.1) is 6.04 Å². The van der Waals surface area contributed by atoms with Crippen molar-refractivity contribution in [2.75, 3.05) is 6.54 Å². The van der Waals surface area contributed by atoms with Crippen LogP contribution in [0.4, 0.5) is 0 Å². The van der Waals surface area contributed by atoms with Gasteiger partial charge in [0.25, 0.3) is 0 Å². The Labute approximate surface area is 118 Å². The number of rotatable bonds is 7. The van der Waals surface area contributed by atoms with Gasteiger partial charge in [0.1, 0.15) is 5.82 Å². The first kappa shape index (κ1) is 16.2. The van der Waals surface area contributed by atoms with Crippen LogP contribution in [0, 0.1) is 11.3 Å². The molecule has 1 heterocycles. The summed E-state index contributed by atoms with van der Waals surface area (Å²) in [7, 11) is 0. The molecule has 110 valence electrons. The minimum absolute atomic E-state index is 0.343. The second-order valence-corrected chi connectivity index (χ2v) is 6.58. The fourth-order valence-corrected chi connectivity index (χ4v) is 2.20. The normalized spacial score (nSPS) is 15.5. The highest BCUT2D eigenvalue weighted by atomic mass is 15.1. The molecule has 19 heavy (non-hydrogen) atoms. The number of nitrogens with zero attached hydrogens (tertiary/aromatic N) is 2. The number of imidazole rings is 1. The highest BCUT2D eigenvalue weighted by molar-refractivity contribution is 5.00. The van der Waals surface area contributed by atoms with Crippen LogP contribution in [0.15, 0.2) is 12.4 Å². The topological polar surface area (TPSA) is 29.9 Å². The number of hydrogen-bond donors (Lipinski definition) is 1. The Morgan fingerprint density at radius 2 is 2.00 bits per heavy atom. The molecule has 0 saturated carbocycles. The molecule has 0 bridgehead atoms. The molecule has 1 aromatic rings. The van der Waals surface area contributed by atoms with E-state index in [0.717, 1.165) is 25.9 Å². The molecule has 0 spiro atoms. The third-order valence-electron chi connectivity index (χ3n) is 4.11. The molecule has 0 amide bonds. The Bertz CT molecular complexity index is 362. The van der Waals surface area contributed by atoms with Crippen LogP contribution in [-0.2, 0) is 6.54 Å². The fourth-order valence-electron chi connectivity index (χ4n) is 2.20. The van der Waals surface area contributed by atoms with Gasteiger partial charge < -0.3 is 9.88 Å². The summed E-state index contributed by atoms with van der Waals surface area (Å²) in [6.45, 7) is 15.7. The van der Waals surface area contributed by atoms with Gasteiger partial charge >= 0.3 is 0 Å². The van der Waals surface area contributed by atoms with E-state index in [-0.39, 0.29) is 0 Å². The first-order chi connectivity index (χ1) is 8.90. The van der Waals surface area contributed by atoms with Crippen LogP contribution in [0.5, 0.6) is 0 Å². The summed E-state index contributed by atoms with van der Waals surface area (Å²) in [5.41, 5.74) is 0.343. The van der Waals surface area contributed by atoms with Gasteiger partial charge in [0, 0.05) is 18.9 Å². The second-order valence-electron chi connectivity index (χ2n) is 6.58. The van der Waals surface area contributed by atoms with Crippen molar-refractivity contribution in [2.24, 2.45) is 11.3 Å². The van der Waals surface area contributed by atoms with Gasteiger partial charge in [0.2, 0.25) is 0 Å². The lowest BCUT2D eigenvalue weighted by Crippen LogP contribution is -2.30. The molecule has 0 aliphatic carbocycles. The summed E-state index contributed by atoms with van der Waals surface area (Å²) in [6, 6.07) is 0.365. The quantitative estimate of drug-likeness (QED) is 0.807. The Hall–Kier alpha value is -0.830. The van der Waals surface area contributed by atoms with Crippen LogP contribution in [0.25, 0.3) is 0 Å². The van der Waals surface area contributed by atoms with Gasteiger partial charge in [-0.05, 0) is 37.6 Å². The summed E-state index contributed by atoms with van der Waals surface area (Å²) in [4.78, 5) is 4.58. The van der Waals surface area contributed by atoms with Crippen molar-refractivity contribution in [2.45, 2.75) is 67.0 Å².